The van der Waals surface area contributed by atoms with Crippen LogP contribution in [0.4, 0.5) is 4.39 Å². The zero-order chi connectivity index (χ0) is 13.9. The van der Waals surface area contributed by atoms with Gasteiger partial charge in [-0.3, -0.25) is 4.98 Å². The third-order valence-corrected chi connectivity index (χ3v) is 3.81. The Morgan fingerprint density at radius 3 is 2.85 bits per heavy atom. The summed E-state index contributed by atoms with van der Waals surface area (Å²) < 4.78 is 13.2. The van der Waals surface area contributed by atoms with Gasteiger partial charge < -0.3 is 5.73 Å². The van der Waals surface area contributed by atoms with Gasteiger partial charge in [-0.05, 0) is 17.7 Å². The van der Waals surface area contributed by atoms with Crippen LogP contribution < -0.4 is 5.73 Å². The van der Waals surface area contributed by atoms with Crippen molar-refractivity contribution >= 4 is 11.3 Å². The molecule has 0 bridgehead atoms. The number of nitrogens with zero attached hydrogens (tertiary/aromatic N) is 2. The van der Waals surface area contributed by atoms with E-state index in [4.69, 9.17) is 5.73 Å². The number of rotatable bonds is 3. The molecule has 0 atom stereocenters. The first kappa shape index (κ1) is 12.9. The second kappa shape index (κ2) is 5.48. The number of nitrogens with two attached hydrogens (primary N) is 1. The van der Waals surface area contributed by atoms with E-state index in [1.807, 2.05) is 29.6 Å². The van der Waals surface area contributed by atoms with Gasteiger partial charge in [0.25, 0.3) is 0 Å². The molecule has 3 rings (SSSR count). The van der Waals surface area contributed by atoms with Crippen LogP contribution in [-0.2, 0) is 6.54 Å². The molecule has 3 nitrogen and oxygen atoms in total. The predicted molar refractivity (Wildman–Crippen MR) is 78.6 cm³/mol. The molecule has 0 aliphatic rings. The van der Waals surface area contributed by atoms with E-state index in [2.05, 4.69) is 9.97 Å². The van der Waals surface area contributed by atoms with Crippen molar-refractivity contribution in [1.29, 1.82) is 0 Å². The molecule has 0 amide bonds. The van der Waals surface area contributed by atoms with E-state index in [0.717, 1.165) is 21.8 Å². The average molecular weight is 285 g/mol. The maximum Gasteiger partial charge on any atom is 0.142 e. The third kappa shape index (κ3) is 2.59. The SMILES string of the molecule is NCc1cccc(-c2nc(-c3cncc(F)c3)cs2)c1. The first-order chi connectivity index (χ1) is 9.76. The van der Waals surface area contributed by atoms with Gasteiger partial charge in [-0.1, -0.05) is 18.2 Å². The lowest BCUT2D eigenvalue weighted by atomic mass is 10.1. The van der Waals surface area contributed by atoms with Crippen LogP contribution in [0.5, 0.6) is 0 Å². The molecule has 1 aromatic carbocycles. The second-order valence-corrected chi connectivity index (χ2v) is 5.19. The normalized spacial score (nSPS) is 10.7. The Labute approximate surface area is 119 Å². The molecule has 0 unspecified atom stereocenters. The summed E-state index contributed by atoms with van der Waals surface area (Å²) in [4.78, 5) is 8.38. The Morgan fingerprint density at radius 2 is 2.05 bits per heavy atom. The van der Waals surface area contributed by atoms with Crippen LogP contribution in [0, 0.1) is 5.82 Å². The summed E-state index contributed by atoms with van der Waals surface area (Å²) in [7, 11) is 0. The first-order valence-corrected chi connectivity index (χ1v) is 7.00. The fraction of sp³-hybridized carbons (Fsp3) is 0.0667. The van der Waals surface area contributed by atoms with Gasteiger partial charge in [0.1, 0.15) is 10.8 Å². The Morgan fingerprint density at radius 1 is 1.15 bits per heavy atom. The summed E-state index contributed by atoms with van der Waals surface area (Å²) in [6.45, 7) is 0.500. The van der Waals surface area contributed by atoms with Gasteiger partial charge in [-0.15, -0.1) is 11.3 Å². The smallest absolute Gasteiger partial charge is 0.142 e. The number of benzene rings is 1. The zero-order valence-corrected chi connectivity index (χ0v) is 11.4. The standard InChI is InChI=1S/C15H12FN3S/c16-13-5-12(7-18-8-13)14-9-20-15(19-14)11-3-1-2-10(4-11)6-17/h1-5,7-9H,6,17H2. The summed E-state index contributed by atoms with van der Waals surface area (Å²) in [6.07, 6.45) is 2.79. The van der Waals surface area contributed by atoms with Gasteiger partial charge in [0.2, 0.25) is 0 Å². The van der Waals surface area contributed by atoms with E-state index in [1.54, 1.807) is 6.20 Å². The zero-order valence-electron chi connectivity index (χ0n) is 10.6. The molecular formula is C15H12FN3S. The van der Waals surface area contributed by atoms with E-state index in [1.165, 1.54) is 23.6 Å². The van der Waals surface area contributed by atoms with Gasteiger partial charge in [0.15, 0.2) is 0 Å². The number of hydrogen-bond donors (Lipinski definition) is 1. The minimum atomic E-state index is -0.359. The van der Waals surface area contributed by atoms with Crippen LogP contribution in [0.15, 0.2) is 48.1 Å². The molecule has 0 aliphatic carbocycles. The van der Waals surface area contributed by atoms with Crippen molar-refractivity contribution in [3.05, 3.63) is 59.5 Å². The van der Waals surface area contributed by atoms with Crippen LogP contribution in [0.2, 0.25) is 0 Å². The third-order valence-electron chi connectivity index (χ3n) is 2.91. The Kier molecular flexibility index (Phi) is 3.54. The fourth-order valence-corrected chi connectivity index (χ4v) is 2.75. The molecule has 0 saturated carbocycles. The molecule has 0 saturated heterocycles. The van der Waals surface area contributed by atoms with Crippen molar-refractivity contribution in [1.82, 2.24) is 9.97 Å². The van der Waals surface area contributed by atoms with Gasteiger partial charge in [-0.25, -0.2) is 9.37 Å². The first-order valence-electron chi connectivity index (χ1n) is 6.12. The van der Waals surface area contributed by atoms with E-state index in [0.29, 0.717) is 12.1 Å². The molecular weight excluding hydrogens is 273 g/mol. The number of pyridine rings is 1. The summed E-state index contributed by atoms with van der Waals surface area (Å²) in [5.41, 5.74) is 9.14. The monoisotopic (exact) mass is 285 g/mol. The second-order valence-electron chi connectivity index (χ2n) is 4.33. The number of thiazole rings is 1. The highest BCUT2D eigenvalue weighted by Crippen LogP contribution is 2.29. The highest BCUT2D eigenvalue weighted by Gasteiger charge is 2.08. The minimum absolute atomic E-state index is 0.359. The maximum absolute atomic E-state index is 13.2. The lowest BCUT2D eigenvalue weighted by Gasteiger charge is -2.00. The molecule has 0 fully saturated rings. The molecule has 5 heteroatoms. The minimum Gasteiger partial charge on any atom is -0.326 e. The Bertz CT molecular complexity index is 739. The molecule has 0 aliphatic heterocycles. The quantitative estimate of drug-likeness (QED) is 0.801. The van der Waals surface area contributed by atoms with Crippen molar-refractivity contribution < 1.29 is 4.39 Å². The van der Waals surface area contributed by atoms with Gasteiger partial charge in [0, 0.05) is 29.2 Å². The van der Waals surface area contributed by atoms with E-state index in [-0.39, 0.29) is 5.82 Å². The van der Waals surface area contributed by atoms with Gasteiger partial charge in [0.05, 0.1) is 11.9 Å². The molecule has 20 heavy (non-hydrogen) atoms. The maximum atomic E-state index is 13.2. The van der Waals surface area contributed by atoms with Crippen molar-refractivity contribution in [2.45, 2.75) is 6.54 Å². The van der Waals surface area contributed by atoms with E-state index < -0.39 is 0 Å². The largest absolute Gasteiger partial charge is 0.326 e. The summed E-state index contributed by atoms with van der Waals surface area (Å²) in [5.74, 6) is -0.359. The average Bonchev–Trinajstić information content (AvgIpc) is 2.97. The Hall–Kier alpha value is -2.11. The highest BCUT2D eigenvalue weighted by atomic mass is 32.1. The summed E-state index contributed by atoms with van der Waals surface area (Å²) in [5, 5.41) is 2.79. The van der Waals surface area contributed by atoms with Gasteiger partial charge >= 0.3 is 0 Å². The van der Waals surface area contributed by atoms with Crippen molar-refractivity contribution in [2.75, 3.05) is 0 Å². The Balaban J connectivity index is 1.97. The van der Waals surface area contributed by atoms with E-state index in [9.17, 15) is 4.39 Å². The van der Waals surface area contributed by atoms with Crippen LogP contribution in [0.25, 0.3) is 21.8 Å². The van der Waals surface area contributed by atoms with Crippen LogP contribution in [0.1, 0.15) is 5.56 Å². The van der Waals surface area contributed by atoms with Crippen LogP contribution >= 0.6 is 11.3 Å². The van der Waals surface area contributed by atoms with Crippen molar-refractivity contribution in [2.24, 2.45) is 5.73 Å². The molecule has 0 radical (unpaired) electrons. The molecule has 2 heterocycles. The molecule has 2 N–H and O–H groups in total. The van der Waals surface area contributed by atoms with Crippen molar-refractivity contribution in [3.8, 4) is 21.8 Å². The summed E-state index contributed by atoms with van der Waals surface area (Å²) >= 11 is 1.52. The number of hydrogen-bond acceptors (Lipinski definition) is 4. The molecule has 100 valence electrons. The lowest BCUT2D eigenvalue weighted by molar-refractivity contribution is 0.622. The summed E-state index contributed by atoms with van der Waals surface area (Å²) in [6, 6.07) is 9.39. The topological polar surface area (TPSA) is 51.8 Å². The molecule has 0 spiro atoms. The molecule has 2 aromatic heterocycles. The predicted octanol–water partition coefficient (Wildman–Crippen LogP) is 3.47. The van der Waals surface area contributed by atoms with Crippen LogP contribution in [0.3, 0.4) is 0 Å². The van der Waals surface area contributed by atoms with Gasteiger partial charge in [-0.2, -0.15) is 0 Å². The lowest BCUT2D eigenvalue weighted by Crippen LogP contribution is -1.95. The highest BCUT2D eigenvalue weighted by molar-refractivity contribution is 7.13. The van der Waals surface area contributed by atoms with E-state index >= 15 is 0 Å². The fourth-order valence-electron chi connectivity index (χ4n) is 1.92. The number of aromatic nitrogens is 2. The van der Waals surface area contributed by atoms with Crippen molar-refractivity contribution in [3.63, 3.8) is 0 Å². The number of halogens is 1. The molecule has 3 aromatic rings. The van der Waals surface area contributed by atoms with Crippen LogP contribution in [-0.4, -0.2) is 9.97 Å².